The van der Waals surface area contributed by atoms with Gasteiger partial charge in [-0.2, -0.15) is 0 Å². The van der Waals surface area contributed by atoms with E-state index in [2.05, 4.69) is 12.2 Å². The Morgan fingerprint density at radius 1 is 1.22 bits per heavy atom. The second-order valence-electron chi connectivity index (χ2n) is 6.57. The van der Waals surface area contributed by atoms with Crippen molar-refractivity contribution < 1.29 is 19.1 Å². The molecule has 2 rings (SSSR count). The number of methoxy groups -OCH3 is 1. The van der Waals surface area contributed by atoms with E-state index in [1.54, 1.807) is 13.2 Å². The third-order valence-corrected chi connectivity index (χ3v) is 4.47. The molecule has 1 N–H and O–H groups in total. The van der Waals surface area contributed by atoms with Crippen LogP contribution < -0.4 is 14.8 Å². The maximum Gasteiger partial charge on any atom is 0.244 e. The molecular formula is C21H30N2O4. The molecule has 6 heteroatoms. The average molecular weight is 374 g/mol. The van der Waals surface area contributed by atoms with Gasteiger partial charge in [0.15, 0.2) is 11.5 Å². The van der Waals surface area contributed by atoms with E-state index in [0.717, 1.165) is 44.3 Å². The Kier molecular flexibility index (Phi) is 8.68. The number of amides is 2. The van der Waals surface area contributed by atoms with E-state index in [1.165, 1.54) is 6.08 Å². The molecule has 2 amide bonds. The van der Waals surface area contributed by atoms with Crippen molar-refractivity contribution in [2.75, 3.05) is 33.4 Å². The van der Waals surface area contributed by atoms with Gasteiger partial charge in [0.25, 0.3) is 0 Å². The fraction of sp³-hybridized carbons (Fsp3) is 0.524. The van der Waals surface area contributed by atoms with Gasteiger partial charge in [0.2, 0.25) is 11.8 Å². The Balaban J connectivity index is 1.79. The fourth-order valence-electron chi connectivity index (χ4n) is 2.88. The number of nitrogens with one attached hydrogen (secondary N) is 1. The van der Waals surface area contributed by atoms with Crippen LogP contribution >= 0.6 is 0 Å². The van der Waals surface area contributed by atoms with E-state index >= 15 is 0 Å². The molecule has 0 saturated carbocycles. The largest absolute Gasteiger partial charge is 0.493 e. The van der Waals surface area contributed by atoms with Gasteiger partial charge < -0.3 is 19.7 Å². The van der Waals surface area contributed by atoms with Crippen molar-refractivity contribution in [1.29, 1.82) is 0 Å². The van der Waals surface area contributed by atoms with Crippen molar-refractivity contribution >= 4 is 17.9 Å². The summed E-state index contributed by atoms with van der Waals surface area (Å²) in [4.78, 5) is 25.7. The summed E-state index contributed by atoms with van der Waals surface area (Å²) in [6.07, 6.45) is 7.74. The van der Waals surface area contributed by atoms with Crippen LogP contribution in [0.1, 0.15) is 44.6 Å². The highest BCUT2D eigenvalue weighted by molar-refractivity contribution is 5.92. The van der Waals surface area contributed by atoms with Crippen molar-refractivity contribution in [3.05, 3.63) is 29.8 Å². The zero-order valence-electron chi connectivity index (χ0n) is 16.3. The second-order valence-corrected chi connectivity index (χ2v) is 6.57. The third-order valence-electron chi connectivity index (χ3n) is 4.47. The molecule has 1 aromatic rings. The lowest BCUT2D eigenvalue weighted by Gasteiger charge is -2.14. The summed E-state index contributed by atoms with van der Waals surface area (Å²) < 4.78 is 11.1. The third kappa shape index (κ3) is 6.96. The van der Waals surface area contributed by atoms with Crippen LogP contribution in [0.15, 0.2) is 24.3 Å². The lowest BCUT2D eigenvalue weighted by Crippen LogP contribution is -2.32. The van der Waals surface area contributed by atoms with E-state index in [4.69, 9.17) is 9.47 Å². The summed E-state index contributed by atoms with van der Waals surface area (Å²) in [5.74, 6) is 1.24. The molecule has 1 aromatic carbocycles. The van der Waals surface area contributed by atoms with Gasteiger partial charge >= 0.3 is 0 Å². The number of likely N-dealkylation sites (tertiary alicyclic amines) is 1. The van der Waals surface area contributed by atoms with Gasteiger partial charge in [0.1, 0.15) is 0 Å². The molecule has 0 spiro atoms. The molecule has 0 atom stereocenters. The summed E-state index contributed by atoms with van der Waals surface area (Å²) in [7, 11) is 1.60. The smallest absolute Gasteiger partial charge is 0.244 e. The van der Waals surface area contributed by atoms with Crippen LogP contribution in [-0.2, 0) is 9.59 Å². The second kappa shape index (κ2) is 11.3. The van der Waals surface area contributed by atoms with Crippen LogP contribution in [0.5, 0.6) is 11.5 Å². The number of nitrogens with zero attached hydrogens (tertiary/aromatic N) is 1. The van der Waals surface area contributed by atoms with Gasteiger partial charge in [-0.3, -0.25) is 9.59 Å². The maximum absolute atomic E-state index is 11.9. The number of carbonyl (C=O) groups is 2. The highest BCUT2D eigenvalue weighted by Crippen LogP contribution is 2.28. The van der Waals surface area contributed by atoms with Gasteiger partial charge in [0.05, 0.1) is 13.7 Å². The maximum atomic E-state index is 11.9. The molecule has 1 heterocycles. The molecule has 1 aliphatic heterocycles. The van der Waals surface area contributed by atoms with Crippen molar-refractivity contribution in [1.82, 2.24) is 10.2 Å². The van der Waals surface area contributed by atoms with Gasteiger partial charge in [-0.25, -0.2) is 0 Å². The molecule has 0 unspecified atom stereocenters. The van der Waals surface area contributed by atoms with Gasteiger partial charge in [-0.15, -0.1) is 0 Å². The van der Waals surface area contributed by atoms with Crippen LogP contribution in [0.3, 0.4) is 0 Å². The van der Waals surface area contributed by atoms with E-state index in [1.807, 2.05) is 23.1 Å². The molecule has 6 nitrogen and oxygen atoms in total. The number of ether oxygens (including phenoxy) is 2. The van der Waals surface area contributed by atoms with Crippen LogP contribution in [0, 0.1) is 0 Å². The molecule has 0 radical (unpaired) electrons. The number of benzene rings is 1. The molecule has 27 heavy (non-hydrogen) atoms. The monoisotopic (exact) mass is 374 g/mol. The first-order chi connectivity index (χ1) is 13.1. The molecular weight excluding hydrogens is 344 g/mol. The standard InChI is InChI=1S/C21H30N2O4/c1-3-4-15-27-18-9-7-17(16-19(18)26-2)8-10-20(24)22-12-11-21(25)23-13-5-6-14-23/h7-10,16H,3-6,11-15H2,1-2H3,(H,22,24)/b10-8+. The number of hydrogen-bond donors (Lipinski definition) is 1. The highest BCUT2D eigenvalue weighted by atomic mass is 16.5. The minimum absolute atomic E-state index is 0.111. The SMILES string of the molecule is CCCCOc1ccc(/C=C/C(=O)NCCC(=O)N2CCCC2)cc1OC. The van der Waals surface area contributed by atoms with Gasteiger partial charge in [-0.1, -0.05) is 19.4 Å². The number of hydrogen-bond acceptors (Lipinski definition) is 4. The quantitative estimate of drug-likeness (QED) is 0.505. The predicted octanol–water partition coefficient (Wildman–Crippen LogP) is 3.02. The molecule has 0 bridgehead atoms. The molecule has 0 aliphatic carbocycles. The zero-order chi connectivity index (χ0) is 19.5. The minimum Gasteiger partial charge on any atom is -0.493 e. The topological polar surface area (TPSA) is 67.9 Å². The van der Waals surface area contributed by atoms with Crippen LogP contribution in [0.2, 0.25) is 0 Å². The average Bonchev–Trinajstić information content (AvgIpc) is 3.22. The summed E-state index contributed by atoms with van der Waals surface area (Å²) in [6.45, 7) is 4.80. The molecule has 1 saturated heterocycles. The van der Waals surface area contributed by atoms with Crippen molar-refractivity contribution in [3.63, 3.8) is 0 Å². The molecule has 0 aromatic heterocycles. The van der Waals surface area contributed by atoms with E-state index in [9.17, 15) is 9.59 Å². The summed E-state index contributed by atoms with van der Waals surface area (Å²) in [6, 6.07) is 5.56. The van der Waals surface area contributed by atoms with Gasteiger partial charge in [-0.05, 0) is 43.0 Å². The first-order valence-electron chi connectivity index (χ1n) is 9.68. The van der Waals surface area contributed by atoms with E-state index in [0.29, 0.717) is 31.1 Å². The fourth-order valence-corrected chi connectivity index (χ4v) is 2.88. The summed E-state index contributed by atoms with van der Waals surface area (Å²) in [5.41, 5.74) is 0.845. The first-order valence-corrected chi connectivity index (χ1v) is 9.68. The van der Waals surface area contributed by atoms with Gasteiger partial charge in [0, 0.05) is 32.1 Å². The van der Waals surface area contributed by atoms with Crippen molar-refractivity contribution in [2.45, 2.75) is 39.0 Å². The van der Waals surface area contributed by atoms with E-state index < -0.39 is 0 Å². The Labute approximate surface area is 161 Å². The Morgan fingerprint density at radius 2 is 2.00 bits per heavy atom. The van der Waals surface area contributed by atoms with Crippen molar-refractivity contribution in [3.8, 4) is 11.5 Å². The van der Waals surface area contributed by atoms with Crippen LogP contribution in [-0.4, -0.2) is 50.1 Å². The normalized spacial score (nSPS) is 13.8. The van der Waals surface area contributed by atoms with Crippen LogP contribution in [0.4, 0.5) is 0 Å². The Bertz CT molecular complexity index is 652. The lowest BCUT2D eigenvalue weighted by atomic mass is 10.2. The first kappa shape index (κ1) is 20.8. The molecule has 1 aliphatic rings. The molecule has 1 fully saturated rings. The number of carbonyl (C=O) groups excluding carboxylic acids is 2. The van der Waals surface area contributed by atoms with E-state index in [-0.39, 0.29) is 11.8 Å². The summed E-state index contributed by atoms with van der Waals surface area (Å²) in [5, 5.41) is 2.75. The van der Waals surface area contributed by atoms with Crippen LogP contribution in [0.25, 0.3) is 6.08 Å². The Hall–Kier alpha value is -2.50. The lowest BCUT2D eigenvalue weighted by molar-refractivity contribution is -0.130. The Morgan fingerprint density at radius 3 is 2.70 bits per heavy atom. The number of unbranched alkanes of at least 4 members (excludes halogenated alkanes) is 1. The molecule has 148 valence electrons. The zero-order valence-corrected chi connectivity index (χ0v) is 16.3. The summed E-state index contributed by atoms with van der Waals surface area (Å²) >= 11 is 0. The van der Waals surface area contributed by atoms with Crippen molar-refractivity contribution in [2.24, 2.45) is 0 Å². The number of rotatable bonds is 10. The minimum atomic E-state index is -0.216. The predicted molar refractivity (Wildman–Crippen MR) is 106 cm³/mol. The highest BCUT2D eigenvalue weighted by Gasteiger charge is 2.17.